The Kier molecular flexibility index (Phi) is 5.72. The summed E-state index contributed by atoms with van der Waals surface area (Å²) < 4.78 is 59.1. The molecular weight excluding hydrogens is 454 g/mol. The first kappa shape index (κ1) is 22.6. The summed E-state index contributed by atoms with van der Waals surface area (Å²) >= 11 is 0. The molecule has 0 atom stereocenters. The van der Waals surface area contributed by atoms with Gasteiger partial charge in [-0.25, -0.2) is 18.7 Å². The third kappa shape index (κ3) is 4.10. The largest absolute Gasteiger partial charge is 0.345 e. The number of H-pyrrole nitrogens is 1. The fourth-order valence-corrected chi connectivity index (χ4v) is 4.19. The first-order chi connectivity index (χ1) is 15.6. The highest BCUT2D eigenvalue weighted by Gasteiger charge is 2.27. The van der Waals surface area contributed by atoms with Crippen molar-refractivity contribution in [1.82, 2.24) is 23.8 Å². The molecule has 0 aliphatic heterocycles. The number of aromatic amines is 1. The lowest BCUT2D eigenvalue weighted by molar-refractivity contribution is 0.103. The number of pyridine rings is 1. The van der Waals surface area contributed by atoms with Gasteiger partial charge in [0, 0.05) is 55.7 Å². The van der Waals surface area contributed by atoms with Crippen molar-refractivity contribution in [3.05, 3.63) is 65.9 Å². The Labute approximate surface area is 188 Å². The Morgan fingerprint density at radius 2 is 2.03 bits per heavy atom. The molecule has 0 fully saturated rings. The summed E-state index contributed by atoms with van der Waals surface area (Å²) in [5.41, 5.74) is 0.145. The standard InChI is InChI=1S/C21H20F2N6O3S/c1-4-29(3)33(31,32)27-16-6-5-15(22)18(19(16)23)20(30)14-9-25-21-13(14)7-12(8-24-21)17-10-28(2)11-26-17/h5-11,27H,4H2,1-3H3,(H,24,25). The predicted octanol–water partition coefficient (Wildman–Crippen LogP) is 3.08. The first-order valence-corrected chi connectivity index (χ1v) is 11.3. The van der Waals surface area contributed by atoms with Crippen molar-refractivity contribution in [2.75, 3.05) is 18.3 Å². The molecule has 9 nitrogen and oxygen atoms in total. The van der Waals surface area contributed by atoms with E-state index in [2.05, 4.69) is 15.0 Å². The van der Waals surface area contributed by atoms with Gasteiger partial charge in [0.15, 0.2) is 5.82 Å². The number of hydrogen-bond acceptors (Lipinski definition) is 5. The van der Waals surface area contributed by atoms with E-state index >= 15 is 4.39 Å². The lowest BCUT2D eigenvalue weighted by Gasteiger charge is -2.17. The van der Waals surface area contributed by atoms with E-state index in [1.165, 1.54) is 13.2 Å². The van der Waals surface area contributed by atoms with Crippen molar-refractivity contribution < 1.29 is 22.0 Å². The Morgan fingerprint density at radius 3 is 2.70 bits per heavy atom. The average Bonchev–Trinajstić information content (AvgIpc) is 3.40. The zero-order chi connectivity index (χ0) is 23.9. The fraction of sp³-hybridized carbons (Fsp3) is 0.190. The van der Waals surface area contributed by atoms with Gasteiger partial charge in [0.25, 0.3) is 0 Å². The monoisotopic (exact) mass is 474 g/mol. The number of hydrogen-bond donors (Lipinski definition) is 2. The molecule has 0 aliphatic rings. The maximum Gasteiger partial charge on any atom is 0.301 e. The quantitative estimate of drug-likeness (QED) is 0.400. The van der Waals surface area contributed by atoms with Gasteiger partial charge in [-0.2, -0.15) is 12.7 Å². The summed E-state index contributed by atoms with van der Waals surface area (Å²) in [4.78, 5) is 24.5. The Morgan fingerprint density at radius 1 is 1.27 bits per heavy atom. The van der Waals surface area contributed by atoms with Gasteiger partial charge in [-0.05, 0) is 18.2 Å². The molecular formula is C21H20F2N6O3S. The number of imidazole rings is 1. The van der Waals surface area contributed by atoms with Gasteiger partial charge in [0.1, 0.15) is 11.5 Å². The van der Waals surface area contributed by atoms with Crippen LogP contribution < -0.4 is 4.72 Å². The summed E-state index contributed by atoms with van der Waals surface area (Å²) in [6, 6.07) is 3.41. The van der Waals surface area contributed by atoms with E-state index in [0.717, 1.165) is 16.4 Å². The zero-order valence-electron chi connectivity index (χ0n) is 17.9. The Balaban J connectivity index is 1.78. The van der Waals surface area contributed by atoms with Gasteiger partial charge in [-0.15, -0.1) is 0 Å². The van der Waals surface area contributed by atoms with E-state index in [1.807, 2.05) is 4.72 Å². The van der Waals surface area contributed by atoms with E-state index in [-0.39, 0.29) is 12.1 Å². The molecule has 3 aromatic heterocycles. The minimum atomic E-state index is -4.08. The van der Waals surface area contributed by atoms with E-state index in [4.69, 9.17) is 0 Å². The predicted molar refractivity (Wildman–Crippen MR) is 119 cm³/mol. The van der Waals surface area contributed by atoms with Crippen LogP contribution in [0.5, 0.6) is 0 Å². The maximum atomic E-state index is 15.2. The number of anilines is 1. The molecule has 3 heterocycles. The molecule has 12 heteroatoms. The third-order valence-electron chi connectivity index (χ3n) is 5.19. The van der Waals surface area contributed by atoms with Crippen molar-refractivity contribution in [3.63, 3.8) is 0 Å². The third-order valence-corrected chi connectivity index (χ3v) is 6.75. The van der Waals surface area contributed by atoms with Crippen LogP contribution in [-0.2, 0) is 17.3 Å². The van der Waals surface area contributed by atoms with Crippen molar-refractivity contribution in [1.29, 1.82) is 0 Å². The Hall–Kier alpha value is -3.64. The lowest BCUT2D eigenvalue weighted by atomic mass is 10.0. The van der Waals surface area contributed by atoms with E-state index < -0.39 is 38.9 Å². The number of halogens is 2. The van der Waals surface area contributed by atoms with Crippen LogP contribution in [0, 0.1) is 11.6 Å². The van der Waals surface area contributed by atoms with Crippen LogP contribution in [0.1, 0.15) is 22.8 Å². The molecule has 1 aromatic carbocycles. The molecule has 4 rings (SSSR count). The minimum absolute atomic E-state index is 0.0150. The molecule has 0 aliphatic carbocycles. The van der Waals surface area contributed by atoms with Crippen molar-refractivity contribution in [3.8, 4) is 11.3 Å². The second-order valence-electron chi connectivity index (χ2n) is 7.38. The van der Waals surface area contributed by atoms with E-state index in [0.29, 0.717) is 22.3 Å². The number of carbonyl (C=O) groups is 1. The number of fused-ring (bicyclic) bond motifs is 1. The normalized spacial score (nSPS) is 11.9. The molecule has 0 bridgehead atoms. The highest BCUT2D eigenvalue weighted by molar-refractivity contribution is 7.90. The topological polar surface area (TPSA) is 113 Å². The first-order valence-electron chi connectivity index (χ1n) is 9.84. The van der Waals surface area contributed by atoms with Crippen molar-refractivity contribution >= 4 is 32.7 Å². The molecule has 33 heavy (non-hydrogen) atoms. The molecule has 0 amide bonds. The highest BCUT2D eigenvalue weighted by atomic mass is 32.2. The summed E-state index contributed by atoms with van der Waals surface area (Å²) in [5, 5.41) is 0.346. The van der Waals surface area contributed by atoms with E-state index in [1.54, 1.807) is 43.3 Å². The van der Waals surface area contributed by atoms with Gasteiger partial charge in [0.05, 0.1) is 23.3 Å². The SMILES string of the molecule is CCN(C)S(=O)(=O)Nc1ccc(F)c(C(=O)c2c[nH]c3ncc(-c4cn(C)cn4)cc23)c1F. The fourth-order valence-electron chi connectivity index (χ4n) is 3.25. The zero-order valence-corrected chi connectivity index (χ0v) is 18.7. The van der Waals surface area contributed by atoms with Gasteiger partial charge in [0.2, 0.25) is 5.78 Å². The second kappa shape index (κ2) is 8.37. The minimum Gasteiger partial charge on any atom is -0.345 e. The molecule has 2 N–H and O–H groups in total. The summed E-state index contributed by atoms with van der Waals surface area (Å²) in [6.45, 7) is 1.73. The summed E-state index contributed by atoms with van der Waals surface area (Å²) in [5.74, 6) is -3.38. The molecule has 0 saturated heterocycles. The van der Waals surface area contributed by atoms with Crippen LogP contribution in [-0.4, -0.2) is 51.6 Å². The number of nitrogens with zero attached hydrogens (tertiary/aromatic N) is 4. The number of rotatable bonds is 7. The molecule has 0 spiro atoms. The number of nitrogens with one attached hydrogen (secondary N) is 2. The van der Waals surface area contributed by atoms with Crippen LogP contribution in [0.3, 0.4) is 0 Å². The van der Waals surface area contributed by atoms with Gasteiger partial charge < -0.3 is 9.55 Å². The van der Waals surface area contributed by atoms with Crippen LogP contribution in [0.15, 0.2) is 43.1 Å². The van der Waals surface area contributed by atoms with Crippen molar-refractivity contribution in [2.45, 2.75) is 6.92 Å². The summed E-state index contributed by atoms with van der Waals surface area (Å²) in [7, 11) is -0.976. The number of ketones is 1. The van der Waals surface area contributed by atoms with Gasteiger partial charge in [-0.3, -0.25) is 9.52 Å². The number of aromatic nitrogens is 4. The van der Waals surface area contributed by atoms with E-state index in [9.17, 15) is 17.6 Å². The average molecular weight is 474 g/mol. The number of aryl methyl sites for hydroxylation is 1. The van der Waals surface area contributed by atoms with Crippen LogP contribution in [0.2, 0.25) is 0 Å². The molecule has 0 radical (unpaired) electrons. The Bertz CT molecular complexity index is 1480. The highest BCUT2D eigenvalue weighted by Crippen LogP contribution is 2.29. The molecule has 4 aromatic rings. The van der Waals surface area contributed by atoms with Crippen molar-refractivity contribution in [2.24, 2.45) is 7.05 Å². The molecule has 0 saturated carbocycles. The molecule has 172 valence electrons. The maximum absolute atomic E-state index is 15.2. The smallest absolute Gasteiger partial charge is 0.301 e. The molecule has 0 unspecified atom stereocenters. The van der Waals surface area contributed by atoms with Gasteiger partial charge in [-0.1, -0.05) is 6.92 Å². The lowest BCUT2D eigenvalue weighted by Crippen LogP contribution is -2.32. The second-order valence-corrected chi connectivity index (χ2v) is 9.16. The van der Waals surface area contributed by atoms with Crippen LogP contribution in [0.4, 0.5) is 14.5 Å². The number of benzene rings is 1. The van der Waals surface area contributed by atoms with Crippen LogP contribution in [0.25, 0.3) is 22.3 Å². The van der Waals surface area contributed by atoms with Crippen LogP contribution >= 0.6 is 0 Å². The van der Waals surface area contributed by atoms with Gasteiger partial charge >= 0.3 is 10.2 Å². The summed E-state index contributed by atoms with van der Waals surface area (Å²) in [6.07, 6.45) is 6.24. The number of carbonyl (C=O) groups excluding carboxylic acids is 1.